The van der Waals surface area contributed by atoms with E-state index in [4.69, 9.17) is 4.74 Å². The highest BCUT2D eigenvalue weighted by Gasteiger charge is 2.34. The second-order valence-electron chi connectivity index (χ2n) is 6.31. The summed E-state index contributed by atoms with van der Waals surface area (Å²) in [7, 11) is 0. The lowest BCUT2D eigenvalue weighted by Gasteiger charge is -2.41. The van der Waals surface area contributed by atoms with Gasteiger partial charge in [0.15, 0.2) is 0 Å². The quantitative estimate of drug-likeness (QED) is 0.865. The van der Waals surface area contributed by atoms with Crippen molar-refractivity contribution < 1.29 is 4.74 Å². The van der Waals surface area contributed by atoms with Crippen LogP contribution in [-0.4, -0.2) is 48.3 Å². The van der Waals surface area contributed by atoms with Gasteiger partial charge < -0.3 is 9.64 Å². The van der Waals surface area contributed by atoms with Crippen LogP contribution in [0.5, 0.6) is 0 Å². The summed E-state index contributed by atoms with van der Waals surface area (Å²) in [6.07, 6.45) is 6.45. The minimum Gasteiger partial charge on any atom is -0.374 e. The third-order valence-electron chi connectivity index (χ3n) is 4.90. The van der Waals surface area contributed by atoms with Crippen molar-refractivity contribution in [1.29, 1.82) is 0 Å². The van der Waals surface area contributed by atoms with Crippen LogP contribution in [0.25, 0.3) is 0 Å². The molecule has 2 aliphatic rings. The lowest BCUT2D eigenvalue weighted by molar-refractivity contribution is 0.00894. The predicted octanol–water partition coefficient (Wildman–Crippen LogP) is 3.01. The molecule has 0 spiro atoms. The number of aromatic nitrogens is 1. The number of likely N-dealkylation sites (tertiary alicyclic amines) is 1. The largest absolute Gasteiger partial charge is 0.374 e. The SMILES string of the molecule is c1cncc(N2CCOC3CCN(Cc4cccs4)CCC32)c1. The topological polar surface area (TPSA) is 28.6 Å². The van der Waals surface area contributed by atoms with Crippen LogP contribution < -0.4 is 4.90 Å². The Morgan fingerprint density at radius 1 is 1.17 bits per heavy atom. The third-order valence-corrected chi connectivity index (χ3v) is 5.76. The van der Waals surface area contributed by atoms with Crippen LogP contribution >= 0.6 is 11.3 Å². The molecule has 4 nitrogen and oxygen atoms in total. The van der Waals surface area contributed by atoms with E-state index >= 15 is 0 Å². The molecule has 2 aromatic rings. The van der Waals surface area contributed by atoms with Crippen molar-refractivity contribution in [2.24, 2.45) is 0 Å². The highest BCUT2D eigenvalue weighted by Crippen LogP contribution is 2.28. The molecule has 0 aliphatic carbocycles. The van der Waals surface area contributed by atoms with Crippen LogP contribution in [0.2, 0.25) is 0 Å². The molecule has 23 heavy (non-hydrogen) atoms. The molecule has 2 aromatic heterocycles. The molecule has 2 fully saturated rings. The maximum atomic E-state index is 6.11. The Bertz CT molecular complexity index is 604. The highest BCUT2D eigenvalue weighted by atomic mass is 32.1. The lowest BCUT2D eigenvalue weighted by atomic mass is 10.0. The zero-order chi connectivity index (χ0) is 15.5. The molecule has 0 saturated carbocycles. The van der Waals surface area contributed by atoms with Gasteiger partial charge >= 0.3 is 0 Å². The first kappa shape index (κ1) is 15.1. The molecule has 2 saturated heterocycles. The number of ether oxygens (including phenoxy) is 1. The Hall–Kier alpha value is -1.43. The minimum absolute atomic E-state index is 0.345. The summed E-state index contributed by atoms with van der Waals surface area (Å²) < 4.78 is 6.11. The smallest absolute Gasteiger partial charge is 0.0791 e. The van der Waals surface area contributed by atoms with Crippen molar-refractivity contribution in [3.05, 3.63) is 46.9 Å². The van der Waals surface area contributed by atoms with E-state index in [2.05, 4.69) is 38.4 Å². The number of nitrogens with zero attached hydrogens (tertiary/aromatic N) is 3. The van der Waals surface area contributed by atoms with Crippen LogP contribution in [0.1, 0.15) is 17.7 Å². The van der Waals surface area contributed by atoms with E-state index in [1.807, 2.05) is 29.8 Å². The average Bonchev–Trinajstić information content (AvgIpc) is 3.02. The Morgan fingerprint density at radius 3 is 2.96 bits per heavy atom. The first-order valence-corrected chi connectivity index (χ1v) is 9.31. The number of fused-ring (bicyclic) bond motifs is 1. The number of thiophene rings is 1. The van der Waals surface area contributed by atoms with Gasteiger partial charge in [-0.2, -0.15) is 0 Å². The second-order valence-corrected chi connectivity index (χ2v) is 7.35. The molecular weight excluding hydrogens is 306 g/mol. The van der Waals surface area contributed by atoms with E-state index in [1.54, 1.807) is 0 Å². The Balaban J connectivity index is 1.47. The monoisotopic (exact) mass is 329 g/mol. The van der Waals surface area contributed by atoms with Gasteiger partial charge in [0.05, 0.1) is 30.6 Å². The molecule has 2 aliphatic heterocycles. The number of rotatable bonds is 3. The normalized spacial score (nSPS) is 25.8. The summed E-state index contributed by atoms with van der Waals surface area (Å²) in [5.74, 6) is 0. The van der Waals surface area contributed by atoms with Crippen LogP contribution in [0, 0.1) is 0 Å². The number of anilines is 1. The number of hydrogen-bond acceptors (Lipinski definition) is 5. The van der Waals surface area contributed by atoms with Gasteiger partial charge in [-0.1, -0.05) is 6.07 Å². The highest BCUT2D eigenvalue weighted by molar-refractivity contribution is 7.09. The number of hydrogen-bond donors (Lipinski definition) is 0. The van der Waals surface area contributed by atoms with Gasteiger partial charge in [-0.3, -0.25) is 9.88 Å². The molecule has 4 heterocycles. The fourth-order valence-corrected chi connectivity index (χ4v) is 4.51. The minimum atomic E-state index is 0.345. The van der Waals surface area contributed by atoms with E-state index < -0.39 is 0 Å². The molecule has 2 atom stereocenters. The van der Waals surface area contributed by atoms with Crippen LogP contribution in [0.3, 0.4) is 0 Å². The van der Waals surface area contributed by atoms with Gasteiger partial charge in [0, 0.05) is 37.3 Å². The summed E-state index contributed by atoms with van der Waals surface area (Å²) in [5, 5.41) is 2.17. The number of morpholine rings is 1. The molecule has 0 aromatic carbocycles. The summed E-state index contributed by atoms with van der Waals surface area (Å²) >= 11 is 1.85. The predicted molar refractivity (Wildman–Crippen MR) is 93.9 cm³/mol. The number of pyridine rings is 1. The molecule has 0 bridgehead atoms. The maximum absolute atomic E-state index is 6.11. The molecule has 2 unspecified atom stereocenters. The first-order chi connectivity index (χ1) is 11.4. The van der Waals surface area contributed by atoms with E-state index in [9.17, 15) is 0 Å². The maximum Gasteiger partial charge on any atom is 0.0791 e. The average molecular weight is 329 g/mol. The van der Waals surface area contributed by atoms with Crippen molar-refractivity contribution in [3.8, 4) is 0 Å². The van der Waals surface area contributed by atoms with Crippen molar-refractivity contribution >= 4 is 17.0 Å². The van der Waals surface area contributed by atoms with E-state index in [0.717, 1.165) is 45.6 Å². The van der Waals surface area contributed by atoms with Gasteiger partial charge in [-0.05, 0) is 36.4 Å². The summed E-state index contributed by atoms with van der Waals surface area (Å²) in [6, 6.07) is 9.05. The van der Waals surface area contributed by atoms with Gasteiger partial charge in [0.2, 0.25) is 0 Å². The van der Waals surface area contributed by atoms with E-state index in [0.29, 0.717) is 12.1 Å². The van der Waals surface area contributed by atoms with Crippen LogP contribution in [0.4, 0.5) is 5.69 Å². The van der Waals surface area contributed by atoms with Crippen molar-refractivity contribution in [2.45, 2.75) is 31.5 Å². The second kappa shape index (κ2) is 6.99. The summed E-state index contributed by atoms with van der Waals surface area (Å²) in [5.41, 5.74) is 1.23. The van der Waals surface area contributed by atoms with Gasteiger partial charge in [-0.25, -0.2) is 0 Å². The Morgan fingerprint density at radius 2 is 2.13 bits per heavy atom. The van der Waals surface area contributed by atoms with E-state index in [1.165, 1.54) is 10.6 Å². The fraction of sp³-hybridized carbons (Fsp3) is 0.500. The standard InChI is InChI=1S/C18H23N3OS/c1-3-15(13-19-7-1)21-10-11-22-18-6-9-20(8-5-17(18)21)14-16-4-2-12-23-16/h1-4,7,12-13,17-18H,5-6,8-11,14H2. The van der Waals surface area contributed by atoms with Crippen LogP contribution in [0.15, 0.2) is 42.0 Å². The first-order valence-electron chi connectivity index (χ1n) is 8.43. The third kappa shape index (κ3) is 3.42. The van der Waals surface area contributed by atoms with E-state index in [-0.39, 0.29) is 0 Å². The van der Waals surface area contributed by atoms with Gasteiger partial charge in [-0.15, -0.1) is 11.3 Å². The molecule has 0 amide bonds. The Kier molecular flexibility index (Phi) is 4.60. The molecule has 122 valence electrons. The molecule has 0 radical (unpaired) electrons. The molecule has 5 heteroatoms. The van der Waals surface area contributed by atoms with Crippen LogP contribution in [-0.2, 0) is 11.3 Å². The zero-order valence-electron chi connectivity index (χ0n) is 13.3. The molecule has 4 rings (SSSR count). The fourth-order valence-electron chi connectivity index (χ4n) is 3.76. The van der Waals surface area contributed by atoms with Crippen molar-refractivity contribution in [3.63, 3.8) is 0 Å². The zero-order valence-corrected chi connectivity index (χ0v) is 14.1. The molecular formula is C18H23N3OS. The van der Waals surface area contributed by atoms with Gasteiger partial charge in [0.1, 0.15) is 0 Å². The summed E-state index contributed by atoms with van der Waals surface area (Å²) in [6.45, 7) is 5.13. The van der Waals surface area contributed by atoms with Crippen molar-refractivity contribution in [1.82, 2.24) is 9.88 Å². The Labute approximate surface area is 141 Å². The summed E-state index contributed by atoms with van der Waals surface area (Å²) in [4.78, 5) is 10.8. The van der Waals surface area contributed by atoms with Gasteiger partial charge in [0.25, 0.3) is 0 Å². The molecule has 0 N–H and O–H groups in total. The van der Waals surface area contributed by atoms with Crippen molar-refractivity contribution in [2.75, 3.05) is 31.1 Å². The lowest BCUT2D eigenvalue weighted by Crippen LogP contribution is -2.51.